The minimum absolute atomic E-state index is 0.491. The lowest BCUT2D eigenvalue weighted by molar-refractivity contribution is 0.807. The van der Waals surface area contributed by atoms with Crippen molar-refractivity contribution < 1.29 is 0 Å². The van der Waals surface area contributed by atoms with Crippen LogP contribution in [0.15, 0.2) is 73.6 Å². The maximum absolute atomic E-state index is 5.56. The quantitative estimate of drug-likeness (QED) is 0.461. The lowest BCUT2D eigenvalue weighted by Gasteiger charge is -1.99. The molecule has 6 heteroatoms. The first-order valence-corrected chi connectivity index (χ1v) is 10.9. The van der Waals surface area contributed by atoms with Gasteiger partial charge in [-0.2, -0.15) is 0 Å². The molecule has 0 fully saturated rings. The van der Waals surface area contributed by atoms with Crippen molar-refractivity contribution in [1.29, 1.82) is 0 Å². The number of unbranched alkanes of at least 4 members (excludes halogenated alkanes) is 1. The summed E-state index contributed by atoms with van der Waals surface area (Å²) < 4.78 is 0. The van der Waals surface area contributed by atoms with Gasteiger partial charge in [0.15, 0.2) is 0 Å². The highest BCUT2D eigenvalue weighted by Crippen LogP contribution is 2.27. The van der Waals surface area contributed by atoms with Gasteiger partial charge in [0.1, 0.15) is 5.01 Å². The van der Waals surface area contributed by atoms with Gasteiger partial charge >= 0.3 is 0 Å². The van der Waals surface area contributed by atoms with Gasteiger partial charge in [-0.15, -0.1) is 10.2 Å². The molecule has 4 N–H and O–H groups in total. The van der Waals surface area contributed by atoms with E-state index in [0.717, 1.165) is 33.5 Å². The number of aromatic nitrogens is 3. The number of nitrogens with two attached hydrogens (primary N) is 2. The molecule has 3 rings (SSSR count). The van der Waals surface area contributed by atoms with Crippen molar-refractivity contribution in [2.45, 2.75) is 40.5 Å². The second-order valence-electron chi connectivity index (χ2n) is 5.97. The van der Waals surface area contributed by atoms with Crippen LogP contribution in [-0.2, 0) is 0 Å². The fourth-order valence-corrected chi connectivity index (χ4v) is 2.61. The van der Waals surface area contributed by atoms with Gasteiger partial charge < -0.3 is 11.5 Å². The van der Waals surface area contributed by atoms with E-state index in [1.165, 1.54) is 24.2 Å². The second kappa shape index (κ2) is 17.1. The molecule has 0 atom stereocenters. The molecule has 0 radical (unpaired) electrons. The number of benzene rings is 1. The van der Waals surface area contributed by atoms with Crippen molar-refractivity contribution in [3.8, 4) is 10.6 Å². The maximum Gasteiger partial charge on any atom is 0.203 e. The van der Waals surface area contributed by atoms with Gasteiger partial charge in [0, 0.05) is 23.3 Å². The smallest absolute Gasteiger partial charge is 0.203 e. The molecule has 0 amide bonds. The van der Waals surface area contributed by atoms with Gasteiger partial charge in [-0.1, -0.05) is 87.6 Å². The number of anilines is 1. The number of hydrogen-bond acceptors (Lipinski definition) is 6. The van der Waals surface area contributed by atoms with Gasteiger partial charge in [-0.3, -0.25) is 4.98 Å². The number of pyridine rings is 1. The van der Waals surface area contributed by atoms with E-state index in [1.54, 1.807) is 12.3 Å². The maximum atomic E-state index is 5.56. The summed E-state index contributed by atoms with van der Waals surface area (Å²) in [6.07, 6.45) is 11.5. The molecule has 1 aromatic carbocycles. The lowest BCUT2D eigenvalue weighted by Crippen LogP contribution is -1.95. The first-order valence-electron chi connectivity index (χ1n) is 10.1. The monoisotopic (exact) mass is 425 g/mol. The molecule has 2 heterocycles. The minimum Gasteiger partial charge on any atom is -0.374 e. The van der Waals surface area contributed by atoms with E-state index < -0.39 is 0 Å². The Kier molecular flexibility index (Phi) is 15.5. The molecule has 5 nitrogen and oxygen atoms in total. The largest absolute Gasteiger partial charge is 0.374 e. The molecule has 0 saturated carbocycles. The van der Waals surface area contributed by atoms with Crippen molar-refractivity contribution in [2.24, 2.45) is 5.73 Å². The summed E-state index contributed by atoms with van der Waals surface area (Å²) in [7, 11) is 0. The van der Waals surface area contributed by atoms with Gasteiger partial charge in [-0.25, -0.2) is 0 Å². The molecule has 30 heavy (non-hydrogen) atoms. The molecule has 0 unspecified atom stereocenters. The summed E-state index contributed by atoms with van der Waals surface area (Å²) in [5.74, 6) is 0. The van der Waals surface area contributed by atoms with Crippen LogP contribution < -0.4 is 11.5 Å². The first-order chi connectivity index (χ1) is 14.5. The van der Waals surface area contributed by atoms with Crippen molar-refractivity contribution in [3.63, 3.8) is 0 Å². The predicted octanol–water partition coefficient (Wildman–Crippen LogP) is 6.41. The fraction of sp³-hybridized carbons (Fsp3) is 0.292. The summed E-state index contributed by atoms with van der Waals surface area (Å²) in [6, 6.07) is 8.07. The zero-order valence-corrected chi connectivity index (χ0v) is 19.5. The van der Waals surface area contributed by atoms with Crippen molar-refractivity contribution in [3.05, 3.63) is 73.6 Å². The molecular weight excluding hydrogens is 390 g/mol. The first kappa shape index (κ1) is 27.2. The number of allylic oxidation sites excluding steroid dienone is 4. The third kappa shape index (κ3) is 11.2. The molecule has 0 spiro atoms. The van der Waals surface area contributed by atoms with Crippen molar-refractivity contribution in [2.75, 3.05) is 12.3 Å². The molecule has 0 aliphatic rings. The highest BCUT2D eigenvalue weighted by Gasteiger charge is 2.04. The third-order valence-corrected chi connectivity index (χ3v) is 4.20. The van der Waals surface area contributed by atoms with E-state index in [0.29, 0.717) is 5.13 Å². The number of nitrogens with zero attached hydrogens (tertiary/aromatic N) is 3. The molecule has 2 aromatic heterocycles. The number of hydrogen-bond donors (Lipinski definition) is 2. The molecule has 0 bridgehead atoms. The summed E-state index contributed by atoms with van der Waals surface area (Å²) in [6.45, 7) is 16.1. The summed E-state index contributed by atoms with van der Waals surface area (Å²) in [5, 5.41) is 11.4. The van der Waals surface area contributed by atoms with Gasteiger partial charge in [-0.05, 0) is 37.4 Å². The molecule has 0 saturated heterocycles. The molecule has 0 aliphatic heterocycles. The predicted molar refractivity (Wildman–Crippen MR) is 135 cm³/mol. The standard InChI is InChI=1S/C11H8N4S.C7H10.C4H11N.C2H6/c12-11-15-14-10(16-11)8-1-2-9-6-13-4-3-7(9)5-8;1-4-5-6-7(2)3;1-2-3-4-5;1-2/h1-6H,(H2,12,15);4-6H,1-2H2,3H3;2-5H2,1H3;1-2H3/b;6-5-;;. The molecule has 3 aromatic rings. The van der Waals surface area contributed by atoms with E-state index in [1.807, 2.05) is 57.3 Å². The van der Waals surface area contributed by atoms with Gasteiger partial charge in [0.05, 0.1) is 0 Å². The highest BCUT2D eigenvalue weighted by atomic mass is 32.1. The Labute approximate surface area is 185 Å². The molecule has 162 valence electrons. The van der Waals surface area contributed by atoms with Crippen molar-refractivity contribution >= 4 is 27.2 Å². The number of nitrogen functional groups attached to an aromatic ring is 1. The zero-order chi connectivity index (χ0) is 22.8. The molecule has 0 aliphatic carbocycles. The Hall–Kier alpha value is -2.83. The summed E-state index contributed by atoms with van der Waals surface area (Å²) >= 11 is 1.39. The average molecular weight is 426 g/mol. The van der Waals surface area contributed by atoms with Crippen LogP contribution in [0.4, 0.5) is 5.13 Å². The third-order valence-electron chi connectivity index (χ3n) is 3.40. The Balaban J connectivity index is 0.000000505. The topological polar surface area (TPSA) is 90.7 Å². The zero-order valence-electron chi connectivity index (χ0n) is 18.6. The summed E-state index contributed by atoms with van der Waals surface area (Å²) in [4.78, 5) is 4.07. The van der Waals surface area contributed by atoms with Crippen LogP contribution in [0.5, 0.6) is 0 Å². The fourth-order valence-electron chi connectivity index (χ4n) is 2.00. The molecular formula is C24H35N5S. The van der Waals surface area contributed by atoms with Crippen LogP contribution in [0.25, 0.3) is 21.3 Å². The Bertz CT molecular complexity index is 897. The number of rotatable bonds is 5. The Morgan fingerprint density at radius 3 is 2.37 bits per heavy atom. The van der Waals surface area contributed by atoms with Crippen LogP contribution in [-0.4, -0.2) is 21.7 Å². The van der Waals surface area contributed by atoms with Crippen LogP contribution in [0.3, 0.4) is 0 Å². The van der Waals surface area contributed by atoms with Crippen LogP contribution in [0.1, 0.15) is 40.5 Å². The van der Waals surface area contributed by atoms with E-state index >= 15 is 0 Å². The van der Waals surface area contributed by atoms with E-state index in [4.69, 9.17) is 11.5 Å². The van der Waals surface area contributed by atoms with Crippen LogP contribution >= 0.6 is 11.3 Å². The van der Waals surface area contributed by atoms with Gasteiger partial charge in [0.2, 0.25) is 5.13 Å². The normalized spacial score (nSPS) is 9.50. The lowest BCUT2D eigenvalue weighted by atomic mass is 10.1. The highest BCUT2D eigenvalue weighted by molar-refractivity contribution is 7.18. The Morgan fingerprint density at radius 2 is 1.90 bits per heavy atom. The van der Waals surface area contributed by atoms with Crippen LogP contribution in [0, 0.1) is 0 Å². The second-order valence-corrected chi connectivity index (χ2v) is 6.98. The minimum atomic E-state index is 0.491. The summed E-state index contributed by atoms with van der Waals surface area (Å²) in [5.41, 5.74) is 12.8. The Morgan fingerprint density at radius 1 is 1.17 bits per heavy atom. The SMILES string of the molecule is C=C/C=C\C(=C)C.CC.CCCCN.Nc1nnc(-c2ccc3cnccc3c2)s1. The van der Waals surface area contributed by atoms with E-state index in [-0.39, 0.29) is 0 Å². The van der Waals surface area contributed by atoms with Crippen LogP contribution in [0.2, 0.25) is 0 Å². The number of fused-ring (bicyclic) bond motifs is 1. The van der Waals surface area contributed by atoms with Gasteiger partial charge in [0.25, 0.3) is 0 Å². The van der Waals surface area contributed by atoms with E-state index in [9.17, 15) is 0 Å². The van der Waals surface area contributed by atoms with Crippen molar-refractivity contribution in [1.82, 2.24) is 15.2 Å². The average Bonchev–Trinajstić information content (AvgIpc) is 3.21. The van der Waals surface area contributed by atoms with E-state index in [2.05, 4.69) is 41.3 Å².